The number of carbonyl (C=O) groups is 1. The van der Waals surface area contributed by atoms with Crippen LogP contribution in [0.5, 0.6) is 0 Å². The molecule has 27 heavy (non-hydrogen) atoms. The quantitative estimate of drug-likeness (QED) is 0.773. The lowest BCUT2D eigenvalue weighted by atomic mass is 9.83. The average Bonchev–Trinajstić information content (AvgIpc) is 2.98. The minimum Gasteiger partial charge on any atom is -0.384 e. The lowest BCUT2D eigenvalue weighted by molar-refractivity contribution is 0.0296. The number of ketones is 1. The van der Waals surface area contributed by atoms with Gasteiger partial charge in [0.25, 0.3) is 0 Å². The number of hydrogen-bond acceptors (Lipinski definition) is 4. The Morgan fingerprint density at radius 2 is 1.96 bits per heavy atom. The van der Waals surface area contributed by atoms with Crippen molar-refractivity contribution in [3.05, 3.63) is 63.1 Å². The zero-order valence-electron chi connectivity index (χ0n) is 15.2. The lowest BCUT2D eigenvalue weighted by Gasteiger charge is -2.34. The highest BCUT2D eigenvalue weighted by atomic mass is 35.5. The van der Waals surface area contributed by atoms with Gasteiger partial charge in [-0.1, -0.05) is 42.3 Å². The van der Waals surface area contributed by atoms with Gasteiger partial charge in [-0.25, -0.2) is 0 Å². The van der Waals surface area contributed by atoms with Crippen LogP contribution in [0.25, 0.3) is 0 Å². The molecule has 0 spiro atoms. The Hall–Kier alpha value is -1.59. The molecular weight excluding hydrogens is 383 g/mol. The highest BCUT2D eigenvalue weighted by Gasteiger charge is 2.36. The molecule has 2 aliphatic rings. The zero-order valence-corrected chi connectivity index (χ0v) is 16.7. The SMILES string of the molecule is CC1(CN2CCOCC2)CNc2cc(C(=O)c3ccc(Cl)cc3Cl)ccc21. The van der Waals surface area contributed by atoms with Gasteiger partial charge in [0.05, 0.1) is 18.2 Å². The molecule has 1 N–H and O–H groups in total. The van der Waals surface area contributed by atoms with Crippen molar-refractivity contribution in [2.45, 2.75) is 12.3 Å². The van der Waals surface area contributed by atoms with E-state index in [4.69, 9.17) is 27.9 Å². The first kappa shape index (κ1) is 18.8. The fourth-order valence-electron chi connectivity index (χ4n) is 3.97. The third-order valence-electron chi connectivity index (χ3n) is 5.45. The Labute approximate surface area is 169 Å². The van der Waals surface area contributed by atoms with Gasteiger partial charge in [-0.05, 0) is 29.8 Å². The van der Waals surface area contributed by atoms with Crippen molar-refractivity contribution in [1.82, 2.24) is 4.90 Å². The summed E-state index contributed by atoms with van der Waals surface area (Å²) in [4.78, 5) is 15.3. The number of carbonyl (C=O) groups excluding carboxylic acids is 1. The van der Waals surface area contributed by atoms with Gasteiger partial charge in [0.15, 0.2) is 5.78 Å². The molecule has 0 saturated carbocycles. The summed E-state index contributed by atoms with van der Waals surface area (Å²) in [6.45, 7) is 7.65. The normalized spacial score (nSPS) is 22.3. The fourth-order valence-corrected chi connectivity index (χ4v) is 4.46. The van der Waals surface area contributed by atoms with Crippen LogP contribution >= 0.6 is 23.2 Å². The molecule has 142 valence electrons. The van der Waals surface area contributed by atoms with Gasteiger partial charge in [-0.2, -0.15) is 0 Å². The molecule has 0 amide bonds. The second kappa shape index (κ2) is 7.44. The van der Waals surface area contributed by atoms with Crippen molar-refractivity contribution in [3.63, 3.8) is 0 Å². The van der Waals surface area contributed by atoms with Crippen LogP contribution < -0.4 is 5.32 Å². The number of anilines is 1. The van der Waals surface area contributed by atoms with Crippen LogP contribution in [-0.4, -0.2) is 50.1 Å². The van der Waals surface area contributed by atoms with E-state index in [0.29, 0.717) is 21.2 Å². The predicted molar refractivity (Wildman–Crippen MR) is 109 cm³/mol. The maximum Gasteiger partial charge on any atom is 0.194 e. The van der Waals surface area contributed by atoms with Crippen LogP contribution in [0.4, 0.5) is 5.69 Å². The predicted octanol–water partition coefficient (Wildman–Crippen LogP) is 4.24. The molecular formula is C21H22Cl2N2O2. The van der Waals surface area contributed by atoms with E-state index in [2.05, 4.69) is 23.2 Å². The molecule has 2 aromatic rings. The Morgan fingerprint density at radius 3 is 2.70 bits per heavy atom. The van der Waals surface area contributed by atoms with Crippen LogP contribution in [0.1, 0.15) is 28.4 Å². The summed E-state index contributed by atoms with van der Waals surface area (Å²) in [6.07, 6.45) is 0. The number of nitrogens with zero attached hydrogens (tertiary/aromatic N) is 1. The van der Waals surface area contributed by atoms with E-state index in [1.165, 1.54) is 5.56 Å². The molecule has 0 aliphatic carbocycles. The minimum absolute atomic E-state index is 0.0200. The summed E-state index contributed by atoms with van der Waals surface area (Å²) < 4.78 is 5.45. The molecule has 4 nitrogen and oxygen atoms in total. The van der Waals surface area contributed by atoms with Crippen LogP contribution in [-0.2, 0) is 10.2 Å². The first-order chi connectivity index (χ1) is 13.0. The van der Waals surface area contributed by atoms with E-state index in [0.717, 1.165) is 45.1 Å². The third-order valence-corrected chi connectivity index (χ3v) is 6.00. The zero-order chi connectivity index (χ0) is 19.0. The Kier molecular flexibility index (Phi) is 5.17. The molecule has 0 aromatic heterocycles. The smallest absolute Gasteiger partial charge is 0.194 e. The molecule has 1 fully saturated rings. The monoisotopic (exact) mass is 404 g/mol. The van der Waals surface area contributed by atoms with E-state index in [1.807, 2.05) is 12.1 Å². The Bertz CT molecular complexity index is 880. The molecule has 0 bridgehead atoms. The van der Waals surface area contributed by atoms with Gasteiger partial charge in [0.1, 0.15) is 0 Å². The van der Waals surface area contributed by atoms with Crippen molar-refractivity contribution in [2.24, 2.45) is 0 Å². The third kappa shape index (κ3) is 3.72. The molecule has 1 unspecified atom stereocenters. The number of halogens is 2. The molecule has 1 saturated heterocycles. The second-order valence-electron chi connectivity index (χ2n) is 7.52. The highest BCUT2D eigenvalue weighted by molar-refractivity contribution is 6.37. The van der Waals surface area contributed by atoms with Crippen LogP contribution in [0.2, 0.25) is 10.0 Å². The van der Waals surface area contributed by atoms with Crippen molar-refractivity contribution in [2.75, 3.05) is 44.7 Å². The van der Waals surface area contributed by atoms with Gasteiger partial charge < -0.3 is 10.1 Å². The van der Waals surface area contributed by atoms with Crippen LogP contribution in [0.3, 0.4) is 0 Å². The molecule has 1 atom stereocenters. The van der Waals surface area contributed by atoms with Crippen LogP contribution in [0.15, 0.2) is 36.4 Å². The molecule has 4 rings (SSSR count). The highest BCUT2D eigenvalue weighted by Crippen LogP contribution is 2.38. The topological polar surface area (TPSA) is 41.6 Å². The largest absolute Gasteiger partial charge is 0.384 e. The number of fused-ring (bicyclic) bond motifs is 1. The van der Waals surface area contributed by atoms with Crippen molar-refractivity contribution >= 4 is 34.7 Å². The number of ether oxygens (including phenoxy) is 1. The Balaban J connectivity index is 1.58. The van der Waals surface area contributed by atoms with Gasteiger partial charge in [0.2, 0.25) is 0 Å². The number of rotatable bonds is 4. The van der Waals surface area contributed by atoms with E-state index >= 15 is 0 Å². The number of nitrogens with one attached hydrogen (secondary N) is 1. The van der Waals surface area contributed by atoms with E-state index in [-0.39, 0.29) is 11.2 Å². The maximum absolute atomic E-state index is 12.9. The van der Waals surface area contributed by atoms with Gasteiger partial charge in [0, 0.05) is 53.4 Å². The van der Waals surface area contributed by atoms with Crippen molar-refractivity contribution in [3.8, 4) is 0 Å². The Morgan fingerprint density at radius 1 is 1.19 bits per heavy atom. The lowest BCUT2D eigenvalue weighted by Crippen LogP contribution is -2.45. The molecule has 0 radical (unpaired) electrons. The summed E-state index contributed by atoms with van der Waals surface area (Å²) in [6, 6.07) is 10.9. The molecule has 6 heteroatoms. The van der Waals surface area contributed by atoms with E-state index in [9.17, 15) is 4.79 Å². The minimum atomic E-state index is -0.0944. The standard InChI is InChI=1S/C21H22Cl2N2O2/c1-21(13-25-6-8-27-9-7-25)12-24-19-10-14(2-5-17(19)21)20(26)16-4-3-15(22)11-18(16)23/h2-5,10-11,24H,6-9,12-13H2,1H3. The van der Waals surface area contributed by atoms with Gasteiger partial charge in [-0.3, -0.25) is 9.69 Å². The maximum atomic E-state index is 12.9. The average molecular weight is 405 g/mol. The summed E-state index contributed by atoms with van der Waals surface area (Å²) >= 11 is 12.1. The van der Waals surface area contributed by atoms with Gasteiger partial charge in [-0.15, -0.1) is 0 Å². The second-order valence-corrected chi connectivity index (χ2v) is 8.36. The van der Waals surface area contributed by atoms with E-state index < -0.39 is 0 Å². The number of benzene rings is 2. The number of hydrogen-bond donors (Lipinski definition) is 1. The molecule has 2 heterocycles. The van der Waals surface area contributed by atoms with E-state index in [1.54, 1.807) is 18.2 Å². The molecule has 2 aromatic carbocycles. The summed E-state index contributed by atoms with van der Waals surface area (Å²) in [7, 11) is 0. The fraction of sp³-hybridized carbons (Fsp3) is 0.381. The summed E-state index contributed by atoms with van der Waals surface area (Å²) in [5, 5.41) is 4.38. The summed E-state index contributed by atoms with van der Waals surface area (Å²) in [5.41, 5.74) is 3.40. The molecule has 2 aliphatic heterocycles. The first-order valence-electron chi connectivity index (χ1n) is 9.14. The van der Waals surface area contributed by atoms with Crippen LogP contribution in [0, 0.1) is 0 Å². The summed E-state index contributed by atoms with van der Waals surface area (Å²) in [5.74, 6) is -0.0944. The van der Waals surface area contributed by atoms with Crippen molar-refractivity contribution in [1.29, 1.82) is 0 Å². The van der Waals surface area contributed by atoms with Crippen molar-refractivity contribution < 1.29 is 9.53 Å². The van der Waals surface area contributed by atoms with Gasteiger partial charge >= 0.3 is 0 Å². The number of morpholine rings is 1. The first-order valence-corrected chi connectivity index (χ1v) is 9.90.